The van der Waals surface area contributed by atoms with Crippen molar-refractivity contribution in [1.29, 1.82) is 10.8 Å². The molecule has 8 heterocycles. The molecule has 10 amide bonds. The van der Waals surface area contributed by atoms with Gasteiger partial charge in [-0.2, -0.15) is 0 Å². The highest BCUT2D eigenvalue weighted by atomic mass is 32.1. The van der Waals surface area contributed by atoms with Gasteiger partial charge in [0, 0.05) is 169 Å². The van der Waals surface area contributed by atoms with Crippen molar-refractivity contribution in [3.05, 3.63) is 184 Å². The van der Waals surface area contributed by atoms with Crippen LogP contribution in [-0.4, -0.2) is 277 Å². The number of carbonyl (C=O) groups excluding carboxylic acids is 10. The van der Waals surface area contributed by atoms with E-state index in [4.69, 9.17) is 53.0 Å². The Kier molecular flexibility index (Phi) is 48.3. The third kappa shape index (κ3) is 38.6. The van der Waals surface area contributed by atoms with Gasteiger partial charge in [0.15, 0.2) is 17.5 Å². The first-order valence-electron chi connectivity index (χ1n) is 50.9. The van der Waals surface area contributed by atoms with Gasteiger partial charge in [0.25, 0.3) is 29.5 Å². The van der Waals surface area contributed by atoms with E-state index in [2.05, 4.69) is 109 Å². The van der Waals surface area contributed by atoms with Crippen LogP contribution < -0.4 is 68.1 Å². The maximum absolute atomic E-state index is 13.8. The number of rotatable bonds is 70. The van der Waals surface area contributed by atoms with Gasteiger partial charge < -0.3 is 129 Å². The van der Waals surface area contributed by atoms with Crippen LogP contribution in [0.5, 0.6) is 5.75 Å². The van der Waals surface area contributed by atoms with E-state index in [1.807, 2.05) is 38.1 Å². The van der Waals surface area contributed by atoms with E-state index in [9.17, 15) is 53.4 Å². The van der Waals surface area contributed by atoms with Crippen molar-refractivity contribution >= 4 is 138 Å². The zero-order chi connectivity index (χ0) is 106. The molecule has 10 aromatic rings. The van der Waals surface area contributed by atoms with Gasteiger partial charge in [-0.1, -0.05) is 101 Å². The number of imidazole rings is 3. The maximum atomic E-state index is 13.8. The first-order chi connectivity index (χ1) is 72.2. The lowest BCUT2D eigenvalue weighted by Gasteiger charge is -2.24. The third-order valence-electron chi connectivity index (χ3n) is 24.2. The molecule has 11 rings (SSSR count). The van der Waals surface area contributed by atoms with E-state index in [-0.39, 0.29) is 134 Å². The number of thiophene rings is 1. The lowest BCUT2D eigenvalue weighted by molar-refractivity contribution is -0.121. The summed E-state index contributed by atoms with van der Waals surface area (Å²) in [4.78, 5) is 154. The first-order valence-corrected chi connectivity index (χ1v) is 51.7. The number of nitrogens with one attached hydrogen (secondary N) is 14. The molecular weight excluding hydrogens is 1930 g/mol. The van der Waals surface area contributed by atoms with Crippen LogP contribution in [0, 0.1) is 24.7 Å². The molecule has 0 radical (unpaired) electrons. The Morgan fingerprint density at radius 1 is 0.430 bits per heavy atom. The minimum atomic E-state index is -0.914. The van der Waals surface area contributed by atoms with Gasteiger partial charge in [0.2, 0.25) is 41.2 Å². The van der Waals surface area contributed by atoms with Gasteiger partial charge in [-0.05, 0) is 119 Å². The lowest BCUT2D eigenvalue weighted by Crippen LogP contribution is -2.41. The van der Waals surface area contributed by atoms with E-state index in [0.29, 0.717) is 146 Å². The van der Waals surface area contributed by atoms with Gasteiger partial charge in [0.05, 0.1) is 129 Å². The van der Waals surface area contributed by atoms with Crippen LogP contribution in [0.4, 0.5) is 39.4 Å². The highest BCUT2D eigenvalue weighted by Gasteiger charge is 2.36. The van der Waals surface area contributed by atoms with Gasteiger partial charge in [-0.15, -0.1) is 11.3 Å². The standard InChI is InChI=1S/C105H144N24O19S/c1-72-73(2)149-105-94(72)95(75-27-29-77(30-28-75)115-90(131)26-20-18-16-14-12-10-9-11-13-15-17-19-23-39-108-40-35-76-67-114-83-25-22-21-24-82(76)83)119-84(96(107)129(105)74(3)106)66-93(134)116-78-31-33-81(34-32-78)148-63-62-147-61-60-146-59-58-145-57-56-144-55-54-143-53-52-142-51-50-141-49-48-140-47-45-109-89(130)36-41-113-102(137)98-122-87(70-127(98)7)120-91(132)37-42-112-101(136)86-65-80(69-126(86)6)118-104(139)99-123-88(71-128(99)8)121-92(133)38-43-111-100(135)85-64-79(68-125(85)5)117-103(138)97-110-44-46-124(97)4/h21-22,24-25,27-34,44,46,64-65,67-71,84,106-108,114H,9-20,23,26,35-43,45,47-63,66H2,1-8H3,(H,109,130)(H,111,135)(H,112,136)(H,113,137)(H,115,131)(H,116,134)(H,117,138)(H,118,139)(H,120,132)(H,121,133)/t84-/m0/s1. The number of unbranched alkanes of at least 4 members (excludes halogenated alkanes) is 12. The molecule has 0 saturated carbocycles. The number of amides is 10. The van der Waals surface area contributed by atoms with Crippen LogP contribution in [-0.2, 0) is 104 Å². The number of H-pyrrole nitrogens is 1. The molecule has 0 unspecified atom stereocenters. The average Bonchev–Trinajstić information content (AvgIpc) is 1.60. The van der Waals surface area contributed by atoms with E-state index in [1.54, 1.807) is 88.3 Å². The number of hydrogen-bond acceptors (Lipinski definition) is 27. The summed E-state index contributed by atoms with van der Waals surface area (Å²) in [7, 11) is 8.04. The summed E-state index contributed by atoms with van der Waals surface area (Å²) in [5.74, 6) is -3.28. The molecular formula is C105H144N24O19S. The van der Waals surface area contributed by atoms with Crippen LogP contribution in [0.15, 0.2) is 133 Å². The van der Waals surface area contributed by atoms with E-state index >= 15 is 0 Å². The second-order valence-electron chi connectivity index (χ2n) is 35.9. The normalized spacial score (nSPS) is 12.3. The summed E-state index contributed by atoms with van der Waals surface area (Å²) in [5, 5.41) is 51.3. The molecule has 44 heteroatoms. The largest absolute Gasteiger partial charge is 0.491 e. The second-order valence-corrected chi connectivity index (χ2v) is 37.1. The van der Waals surface area contributed by atoms with E-state index in [1.165, 1.54) is 147 Å². The van der Waals surface area contributed by atoms with Crippen molar-refractivity contribution < 1.29 is 90.6 Å². The Bertz CT molecular complexity index is 6050. The monoisotopic (exact) mass is 2080 g/mol. The molecule has 7 aromatic heterocycles. The molecule has 0 spiro atoms. The number of nitrogens with zero attached hydrogens (tertiary/aromatic N) is 10. The summed E-state index contributed by atoms with van der Waals surface area (Å²) >= 11 is 1.49. The number of para-hydroxylation sites is 1. The molecule has 1 aliphatic rings. The Morgan fingerprint density at radius 2 is 0.886 bits per heavy atom. The van der Waals surface area contributed by atoms with Gasteiger partial charge in [0.1, 0.15) is 46.5 Å². The number of aryl methyl sites for hydroxylation is 6. The lowest BCUT2D eigenvalue weighted by atomic mass is 9.99. The number of anilines is 7. The minimum absolute atomic E-state index is 0.0119. The Morgan fingerprint density at radius 3 is 1.40 bits per heavy atom. The van der Waals surface area contributed by atoms with Crippen LogP contribution in [0.25, 0.3) is 10.9 Å². The molecule has 149 heavy (non-hydrogen) atoms. The topological polar surface area (TPSA) is 529 Å². The van der Waals surface area contributed by atoms with Gasteiger partial charge in [-0.25, -0.2) is 15.0 Å². The number of fused-ring (bicyclic) bond motifs is 2. The molecule has 3 aromatic carbocycles. The van der Waals surface area contributed by atoms with Gasteiger partial charge >= 0.3 is 0 Å². The third-order valence-corrected chi connectivity index (χ3v) is 25.4. The molecule has 0 saturated heterocycles. The Hall–Kier alpha value is -14.0. The molecule has 0 bridgehead atoms. The maximum Gasteiger partial charge on any atom is 0.291 e. The number of carbonyl (C=O) groups is 10. The zero-order valence-corrected chi connectivity index (χ0v) is 87.4. The number of aliphatic imine (C=N–C) groups is 1. The van der Waals surface area contributed by atoms with E-state index in [0.717, 1.165) is 60.3 Å². The average molecular weight is 2080 g/mol. The number of ether oxygens (including phenoxy) is 9. The fourth-order valence-electron chi connectivity index (χ4n) is 16.3. The predicted molar refractivity (Wildman–Crippen MR) is 571 cm³/mol. The summed E-state index contributed by atoms with van der Waals surface area (Å²) in [5.41, 5.74) is 8.05. The fourth-order valence-corrected chi connectivity index (χ4v) is 17.5. The zero-order valence-electron chi connectivity index (χ0n) is 86.5. The molecule has 804 valence electrons. The number of aromatic nitrogens is 9. The van der Waals surface area contributed by atoms with Crippen molar-refractivity contribution in [1.82, 2.24) is 69.4 Å². The molecule has 14 N–H and O–H groups in total. The second kappa shape index (κ2) is 62.4. The highest BCUT2D eigenvalue weighted by molar-refractivity contribution is 7.17. The van der Waals surface area contributed by atoms with Crippen LogP contribution in [0.2, 0.25) is 0 Å². The number of amidine groups is 2. The minimum Gasteiger partial charge on any atom is -0.491 e. The van der Waals surface area contributed by atoms with Crippen molar-refractivity contribution in [3.63, 3.8) is 0 Å². The first kappa shape index (κ1) is 115. The number of hydrogen-bond donors (Lipinski definition) is 14. The number of aromatic amines is 1. The summed E-state index contributed by atoms with van der Waals surface area (Å²) in [6, 6.07) is 25.1. The van der Waals surface area contributed by atoms with Crippen LogP contribution >= 0.6 is 11.3 Å². The highest BCUT2D eigenvalue weighted by Crippen LogP contribution is 2.41. The van der Waals surface area contributed by atoms with Gasteiger partial charge in [-0.3, -0.25) is 68.7 Å². The Balaban J connectivity index is 0.433. The van der Waals surface area contributed by atoms with Crippen LogP contribution in [0.3, 0.4) is 0 Å². The SMILES string of the molecule is CC(=N)N1C(=N)[C@H](CC(=O)Nc2ccc(OCCOCCOCCOCCOCCOCCOCCOCCOCCNC(=O)CCNC(=O)c3nc(NC(=O)CCNC(=O)c4cc(NC(=O)c5nc(NC(=O)CCNC(=O)c6cc(NC(=O)c7nccn7C)cn6C)cn5C)cn4C)cn3C)cc2)N=C(c2ccc(NC(=O)CCCCCCCCCCCCCCCNCCc3c[nH]c4ccccc34)cc2)c2c1sc(C)c2C. The fraction of sp³-hybridized carbons (Fsp3) is 0.486. The van der Waals surface area contributed by atoms with Crippen molar-refractivity contribution in [2.24, 2.45) is 40.2 Å². The Labute approximate surface area is 871 Å². The summed E-state index contributed by atoms with van der Waals surface area (Å²) in [6.07, 6.45) is 28.1. The summed E-state index contributed by atoms with van der Waals surface area (Å²) < 4.78 is 58.0. The van der Waals surface area contributed by atoms with Crippen molar-refractivity contribution in [2.75, 3.05) is 188 Å². The number of benzene rings is 3. The molecule has 0 fully saturated rings. The van der Waals surface area contributed by atoms with Crippen LogP contribution in [0.1, 0.15) is 202 Å². The summed E-state index contributed by atoms with van der Waals surface area (Å²) in [6.45, 7) is 14.1. The molecule has 1 atom stereocenters. The van der Waals surface area contributed by atoms with E-state index < -0.39 is 47.4 Å². The quantitative estimate of drug-likeness (QED) is 0.00956. The molecule has 43 nitrogen and oxygen atoms in total. The molecule has 1 aliphatic heterocycles. The van der Waals surface area contributed by atoms with Crippen molar-refractivity contribution in [2.45, 2.75) is 149 Å². The van der Waals surface area contributed by atoms with Crippen molar-refractivity contribution in [3.8, 4) is 5.75 Å². The molecule has 0 aliphatic carbocycles. The smallest absolute Gasteiger partial charge is 0.291 e. The predicted octanol–water partition coefficient (Wildman–Crippen LogP) is 11.5.